The molecule has 0 radical (unpaired) electrons. The predicted octanol–water partition coefficient (Wildman–Crippen LogP) is 2.69. The zero-order valence-electron chi connectivity index (χ0n) is 23.3. The molecule has 1 fully saturated rings. The van der Waals surface area contributed by atoms with Crippen molar-refractivity contribution in [1.29, 1.82) is 0 Å². The van der Waals surface area contributed by atoms with Gasteiger partial charge in [-0.05, 0) is 51.8 Å². The fraction of sp³-hybridized carbons (Fsp3) is 0.464. The molecule has 3 aromatic rings. The highest BCUT2D eigenvalue weighted by atomic mass is 32.1. The standard InChI is InChI=1S/C28H35N7O3S2/c1-32(2)14-25-29-20(16-39-25)12-34(13-21-17-40-26(30-21)15-33(3)4)10-18-5-6-19-11-35(28(38)22(19)9-18)23-7-8-24(36)31-27(23)37/h5-6,9,16-17,23H,7-8,10-15H2,1-4H3,(H,31,36,37). The highest BCUT2D eigenvalue weighted by Gasteiger charge is 2.39. The van der Waals surface area contributed by atoms with E-state index in [1.54, 1.807) is 27.6 Å². The highest BCUT2D eigenvalue weighted by molar-refractivity contribution is 7.09. The Balaban J connectivity index is 1.33. The van der Waals surface area contributed by atoms with E-state index in [0.29, 0.717) is 38.2 Å². The number of amides is 3. The van der Waals surface area contributed by atoms with Crippen molar-refractivity contribution in [3.8, 4) is 0 Å². The second-order valence-electron chi connectivity index (χ2n) is 11.0. The Morgan fingerprint density at radius 3 is 2.10 bits per heavy atom. The van der Waals surface area contributed by atoms with Crippen molar-refractivity contribution in [3.05, 3.63) is 67.1 Å². The molecule has 12 heteroatoms. The van der Waals surface area contributed by atoms with Gasteiger partial charge in [0.2, 0.25) is 11.8 Å². The fourth-order valence-electron chi connectivity index (χ4n) is 5.11. The van der Waals surface area contributed by atoms with Crippen LogP contribution < -0.4 is 5.32 Å². The third kappa shape index (κ3) is 6.81. The van der Waals surface area contributed by atoms with Gasteiger partial charge in [-0.25, -0.2) is 9.97 Å². The number of fused-ring (bicyclic) bond motifs is 1. The van der Waals surface area contributed by atoms with Gasteiger partial charge in [0.05, 0.1) is 11.4 Å². The number of thiazole rings is 2. The summed E-state index contributed by atoms with van der Waals surface area (Å²) in [6.45, 7) is 3.95. The van der Waals surface area contributed by atoms with Gasteiger partial charge < -0.3 is 14.7 Å². The van der Waals surface area contributed by atoms with Gasteiger partial charge in [-0.3, -0.25) is 24.6 Å². The summed E-state index contributed by atoms with van der Waals surface area (Å²) < 4.78 is 0. The molecule has 10 nitrogen and oxygen atoms in total. The Morgan fingerprint density at radius 2 is 1.52 bits per heavy atom. The number of carbonyl (C=O) groups is 3. The van der Waals surface area contributed by atoms with E-state index in [2.05, 4.69) is 36.8 Å². The van der Waals surface area contributed by atoms with Crippen LogP contribution in [0.3, 0.4) is 0 Å². The maximum Gasteiger partial charge on any atom is 0.255 e. The van der Waals surface area contributed by atoms with Crippen LogP contribution >= 0.6 is 22.7 Å². The van der Waals surface area contributed by atoms with Crippen molar-refractivity contribution >= 4 is 40.4 Å². The minimum atomic E-state index is -0.611. The molecule has 1 aromatic carbocycles. The molecule has 2 aliphatic heterocycles. The molecular formula is C28H35N7O3S2. The van der Waals surface area contributed by atoms with Crippen molar-refractivity contribution in [2.75, 3.05) is 28.2 Å². The van der Waals surface area contributed by atoms with Gasteiger partial charge >= 0.3 is 0 Å². The summed E-state index contributed by atoms with van der Waals surface area (Å²) in [5.74, 6) is -0.827. The Kier molecular flexibility index (Phi) is 8.71. The van der Waals surface area contributed by atoms with E-state index in [0.717, 1.165) is 45.6 Å². The lowest BCUT2D eigenvalue weighted by molar-refractivity contribution is -0.136. The van der Waals surface area contributed by atoms with Gasteiger partial charge in [0.1, 0.15) is 16.1 Å². The average molecular weight is 582 g/mol. The number of piperidine rings is 1. The van der Waals surface area contributed by atoms with Crippen molar-refractivity contribution in [3.63, 3.8) is 0 Å². The molecule has 0 saturated carbocycles. The average Bonchev–Trinajstić information content (AvgIpc) is 3.58. The first-order chi connectivity index (χ1) is 19.1. The van der Waals surface area contributed by atoms with Crippen LogP contribution in [-0.4, -0.2) is 81.5 Å². The molecule has 0 aliphatic carbocycles. The molecule has 1 unspecified atom stereocenters. The van der Waals surface area contributed by atoms with Crippen LogP contribution in [-0.2, 0) is 48.9 Å². The summed E-state index contributed by atoms with van der Waals surface area (Å²) in [6.07, 6.45) is 0.606. The summed E-state index contributed by atoms with van der Waals surface area (Å²) in [5, 5.41) is 8.77. The normalized spacial score (nSPS) is 17.4. The molecule has 0 spiro atoms. The van der Waals surface area contributed by atoms with Crippen LogP contribution in [0.2, 0.25) is 0 Å². The monoisotopic (exact) mass is 581 g/mol. The fourth-order valence-corrected chi connectivity index (χ4v) is 6.92. The topological polar surface area (TPSA) is 102 Å². The zero-order valence-corrected chi connectivity index (χ0v) is 25.0. The first-order valence-corrected chi connectivity index (χ1v) is 15.1. The number of hydrogen-bond acceptors (Lipinski definition) is 10. The van der Waals surface area contributed by atoms with E-state index in [4.69, 9.17) is 9.97 Å². The third-order valence-electron chi connectivity index (χ3n) is 6.87. The lowest BCUT2D eigenvalue weighted by Gasteiger charge is -2.29. The SMILES string of the molecule is CN(C)Cc1nc(CN(Cc2ccc3c(c2)C(=O)N(C2CCC(=O)NC2=O)C3)Cc2csc(CN(C)C)n2)cs1. The Labute approximate surface area is 242 Å². The first-order valence-electron chi connectivity index (χ1n) is 13.3. The molecule has 1 saturated heterocycles. The second kappa shape index (κ2) is 12.2. The summed E-state index contributed by atoms with van der Waals surface area (Å²) in [6, 6.07) is 5.39. The molecule has 40 heavy (non-hydrogen) atoms. The van der Waals surface area contributed by atoms with E-state index < -0.39 is 11.9 Å². The molecule has 5 rings (SSSR count). The number of hydrogen-bond donors (Lipinski definition) is 1. The van der Waals surface area contributed by atoms with Gasteiger partial charge in [-0.15, -0.1) is 22.7 Å². The number of nitrogens with zero attached hydrogens (tertiary/aromatic N) is 6. The molecule has 1 atom stereocenters. The van der Waals surface area contributed by atoms with Crippen LogP contribution in [0.5, 0.6) is 0 Å². The predicted molar refractivity (Wildman–Crippen MR) is 154 cm³/mol. The molecular weight excluding hydrogens is 546 g/mol. The van der Waals surface area contributed by atoms with E-state index in [1.165, 1.54) is 0 Å². The van der Waals surface area contributed by atoms with Crippen LogP contribution in [0.1, 0.15) is 55.7 Å². The molecule has 3 amide bonds. The smallest absolute Gasteiger partial charge is 0.255 e. The Hall–Kier alpha value is -3.03. The van der Waals surface area contributed by atoms with Gasteiger partial charge in [0.15, 0.2) is 0 Å². The van der Waals surface area contributed by atoms with Crippen molar-refractivity contribution in [1.82, 2.24) is 34.9 Å². The minimum Gasteiger partial charge on any atom is -0.322 e. The van der Waals surface area contributed by atoms with Gasteiger partial charge in [0.25, 0.3) is 5.91 Å². The molecule has 2 aliphatic rings. The molecule has 4 heterocycles. The largest absolute Gasteiger partial charge is 0.322 e. The minimum absolute atomic E-state index is 0.154. The van der Waals surface area contributed by atoms with E-state index in [-0.39, 0.29) is 18.2 Å². The molecule has 0 bridgehead atoms. The zero-order chi connectivity index (χ0) is 28.4. The summed E-state index contributed by atoms with van der Waals surface area (Å²) in [4.78, 5) is 55.2. The summed E-state index contributed by atoms with van der Waals surface area (Å²) in [7, 11) is 8.16. The third-order valence-corrected chi connectivity index (χ3v) is 8.64. The summed E-state index contributed by atoms with van der Waals surface area (Å²) in [5.41, 5.74) is 4.60. The molecule has 2 aromatic heterocycles. The van der Waals surface area contributed by atoms with Crippen LogP contribution in [0, 0.1) is 0 Å². The highest BCUT2D eigenvalue weighted by Crippen LogP contribution is 2.29. The number of imide groups is 1. The molecule has 1 N–H and O–H groups in total. The van der Waals surface area contributed by atoms with Gasteiger partial charge in [-0.2, -0.15) is 0 Å². The van der Waals surface area contributed by atoms with Gasteiger partial charge in [0, 0.05) is 62.0 Å². The van der Waals surface area contributed by atoms with E-state index in [9.17, 15) is 14.4 Å². The van der Waals surface area contributed by atoms with Gasteiger partial charge in [-0.1, -0.05) is 12.1 Å². The first kappa shape index (κ1) is 28.5. The lowest BCUT2D eigenvalue weighted by atomic mass is 10.0. The maximum absolute atomic E-state index is 13.3. The van der Waals surface area contributed by atoms with Crippen LogP contribution in [0.4, 0.5) is 0 Å². The summed E-state index contributed by atoms with van der Waals surface area (Å²) >= 11 is 3.34. The lowest BCUT2D eigenvalue weighted by Crippen LogP contribution is -2.52. The van der Waals surface area contributed by atoms with Crippen molar-refractivity contribution < 1.29 is 14.4 Å². The number of rotatable bonds is 11. The number of benzene rings is 1. The quantitative estimate of drug-likeness (QED) is 0.345. The maximum atomic E-state index is 13.3. The Morgan fingerprint density at radius 1 is 0.900 bits per heavy atom. The second-order valence-corrected chi connectivity index (χ2v) is 12.9. The van der Waals surface area contributed by atoms with Crippen LogP contribution in [0.25, 0.3) is 0 Å². The number of carbonyl (C=O) groups excluding carboxylic acids is 3. The number of nitrogens with one attached hydrogen (secondary N) is 1. The van der Waals surface area contributed by atoms with Crippen molar-refractivity contribution in [2.45, 2.75) is 58.2 Å². The van der Waals surface area contributed by atoms with Crippen molar-refractivity contribution in [2.24, 2.45) is 0 Å². The Bertz CT molecular complexity index is 1350. The van der Waals surface area contributed by atoms with Crippen LogP contribution in [0.15, 0.2) is 29.0 Å². The molecule has 212 valence electrons. The number of aromatic nitrogens is 2. The van der Waals surface area contributed by atoms with E-state index in [1.807, 2.05) is 40.3 Å². The van der Waals surface area contributed by atoms with E-state index >= 15 is 0 Å².